The van der Waals surface area contributed by atoms with Gasteiger partial charge in [-0.25, -0.2) is 0 Å². The molecular formula is C11H13NO. The first-order valence-corrected chi connectivity index (χ1v) is 4.74. The molecule has 0 aromatic heterocycles. The van der Waals surface area contributed by atoms with Gasteiger partial charge in [-0.2, -0.15) is 0 Å². The number of hydrogen-bond donors (Lipinski definition) is 1. The lowest BCUT2D eigenvalue weighted by Gasteiger charge is -2.10. The summed E-state index contributed by atoms with van der Waals surface area (Å²) in [6, 6.07) is 6.56. The quantitative estimate of drug-likeness (QED) is 0.706. The Labute approximate surface area is 77.7 Å². The third-order valence-electron chi connectivity index (χ3n) is 3.35. The van der Waals surface area contributed by atoms with E-state index in [1.165, 1.54) is 17.5 Å². The van der Waals surface area contributed by atoms with Crippen LogP contribution in [0.3, 0.4) is 0 Å². The lowest BCUT2D eigenvalue weighted by atomic mass is 10.0. The fourth-order valence-corrected chi connectivity index (χ4v) is 2.51. The summed E-state index contributed by atoms with van der Waals surface area (Å²) in [5, 5.41) is 0. The zero-order chi connectivity index (χ0) is 9.00. The Bertz CT molecular complexity index is 361. The maximum atomic E-state index is 6.10. The Morgan fingerprint density at radius 3 is 3.00 bits per heavy atom. The van der Waals surface area contributed by atoms with E-state index < -0.39 is 0 Å². The second kappa shape index (κ2) is 2.26. The van der Waals surface area contributed by atoms with Gasteiger partial charge in [0.05, 0.1) is 7.11 Å². The van der Waals surface area contributed by atoms with Gasteiger partial charge in [0.1, 0.15) is 5.75 Å². The van der Waals surface area contributed by atoms with E-state index in [4.69, 9.17) is 10.5 Å². The van der Waals surface area contributed by atoms with Crippen molar-refractivity contribution in [2.24, 2.45) is 11.7 Å². The van der Waals surface area contributed by atoms with Crippen LogP contribution in [0, 0.1) is 5.92 Å². The number of ether oxygens (including phenoxy) is 1. The molecule has 2 aliphatic rings. The maximum Gasteiger partial charge on any atom is 0.119 e. The van der Waals surface area contributed by atoms with Crippen molar-refractivity contribution in [3.8, 4) is 5.75 Å². The highest BCUT2D eigenvalue weighted by molar-refractivity contribution is 5.48. The molecule has 2 aliphatic carbocycles. The van der Waals surface area contributed by atoms with Crippen molar-refractivity contribution >= 4 is 0 Å². The molecule has 0 heterocycles. The van der Waals surface area contributed by atoms with E-state index in [2.05, 4.69) is 12.1 Å². The summed E-state index contributed by atoms with van der Waals surface area (Å²) >= 11 is 0. The van der Waals surface area contributed by atoms with Crippen LogP contribution < -0.4 is 10.5 Å². The largest absolute Gasteiger partial charge is 0.497 e. The Balaban J connectivity index is 2.11. The lowest BCUT2D eigenvalue weighted by Crippen LogP contribution is -2.09. The number of rotatable bonds is 1. The number of benzene rings is 1. The number of nitrogens with two attached hydrogens (primary N) is 1. The second-order valence-electron chi connectivity index (χ2n) is 4.03. The summed E-state index contributed by atoms with van der Waals surface area (Å²) in [5.41, 5.74) is 8.86. The molecule has 0 amide bonds. The van der Waals surface area contributed by atoms with Crippen LogP contribution >= 0.6 is 0 Å². The highest BCUT2D eigenvalue weighted by Crippen LogP contribution is 2.61. The minimum atomic E-state index is 0.259. The van der Waals surface area contributed by atoms with E-state index in [0.29, 0.717) is 0 Å². The predicted octanol–water partition coefficient (Wildman–Crippen LogP) is 1.81. The summed E-state index contributed by atoms with van der Waals surface area (Å²) < 4.78 is 5.18. The molecule has 1 aromatic carbocycles. The fourth-order valence-electron chi connectivity index (χ4n) is 2.51. The summed E-state index contributed by atoms with van der Waals surface area (Å²) in [5.74, 6) is 2.41. The van der Waals surface area contributed by atoms with Gasteiger partial charge < -0.3 is 10.5 Å². The van der Waals surface area contributed by atoms with E-state index in [-0.39, 0.29) is 6.04 Å². The fraction of sp³-hybridized carbons (Fsp3) is 0.455. The summed E-state index contributed by atoms with van der Waals surface area (Å²) in [6.07, 6.45) is 1.29. The number of hydrogen-bond acceptors (Lipinski definition) is 2. The number of methoxy groups -OCH3 is 1. The third-order valence-corrected chi connectivity index (χ3v) is 3.35. The van der Waals surface area contributed by atoms with Gasteiger partial charge in [0.25, 0.3) is 0 Å². The molecule has 1 aromatic rings. The molecule has 68 valence electrons. The van der Waals surface area contributed by atoms with Gasteiger partial charge in [0.2, 0.25) is 0 Å². The molecule has 3 rings (SSSR count). The monoisotopic (exact) mass is 175 g/mol. The summed E-state index contributed by atoms with van der Waals surface area (Å²) in [4.78, 5) is 0. The number of fused-ring (bicyclic) bond motifs is 3. The lowest BCUT2D eigenvalue weighted by molar-refractivity contribution is 0.413. The van der Waals surface area contributed by atoms with Crippen molar-refractivity contribution in [1.82, 2.24) is 0 Å². The third kappa shape index (κ3) is 0.866. The first-order chi connectivity index (χ1) is 6.31. The molecule has 13 heavy (non-hydrogen) atoms. The van der Waals surface area contributed by atoms with E-state index in [1.807, 2.05) is 6.07 Å². The van der Waals surface area contributed by atoms with Gasteiger partial charge in [-0.05, 0) is 41.5 Å². The molecule has 1 saturated carbocycles. The van der Waals surface area contributed by atoms with Crippen molar-refractivity contribution in [3.63, 3.8) is 0 Å². The van der Waals surface area contributed by atoms with E-state index >= 15 is 0 Å². The summed E-state index contributed by atoms with van der Waals surface area (Å²) in [6.45, 7) is 0. The molecule has 2 nitrogen and oxygen atoms in total. The molecule has 2 N–H and O–H groups in total. The molecule has 1 fully saturated rings. The molecule has 0 spiro atoms. The van der Waals surface area contributed by atoms with Crippen LogP contribution in [0.25, 0.3) is 0 Å². The van der Waals surface area contributed by atoms with Crippen LogP contribution in [0.15, 0.2) is 18.2 Å². The zero-order valence-corrected chi connectivity index (χ0v) is 7.66. The van der Waals surface area contributed by atoms with Gasteiger partial charge in [0, 0.05) is 6.04 Å². The minimum Gasteiger partial charge on any atom is -0.497 e. The maximum absolute atomic E-state index is 6.10. The van der Waals surface area contributed by atoms with Crippen molar-refractivity contribution in [1.29, 1.82) is 0 Å². The Morgan fingerprint density at radius 2 is 2.23 bits per heavy atom. The van der Waals surface area contributed by atoms with Crippen LogP contribution in [0.2, 0.25) is 0 Å². The average molecular weight is 175 g/mol. The Morgan fingerprint density at radius 1 is 1.38 bits per heavy atom. The van der Waals surface area contributed by atoms with Gasteiger partial charge in [-0.1, -0.05) is 6.07 Å². The van der Waals surface area contributed by atoms with Gasteiger partial charge in [-0.3, -0.25) is 0 Å². The van der Waals surface area contributed by atoms with Crippen LogP contribution in [0.5, 0.6) is 5.75 Å². The van der Waals surface area contributed by atoms with Gasteiger partial charge in [0.15, 0.2) is 0 Å². The molecular weight excluding hydrogens is 162 g/mol. The highest BCUT2D eigenvalue weighted by Gasteiger charge is 2.50. The standard InChI is InChI=1S/C11H13NO/c1-13-6-2-3-7-8-5-10(8)11(12)9(7)4-6/h2-4,8,10-11H,5,12H2,1H3/t8-,10+,11+/m1/s1. The highest BCUT2D eigenvalue weighted by atomic mass is 16.5. The second-order valence-corrected chi connectivity index (χ2v) is 4.03. The van der Waals surface area contributed by atoms with Crippen molar-refractivity contribution < 1.29 is 4.74 Å². The van der Waals surface area contributed by atoms with Crippen molar-refractivity contribution in [2.45, 2.75) is 18.4 Å². The van der Waals surface area contributed by atoms with Crippen LogP contribution in [-0.4, -0.2) is 7.11 Å². The normalized spacial score (nSPS) is 33.8. The van der Waals surface area contributed by atoms with Crippen LogP contribution in [0.4, 0.5) is 0 Å². The van der Waals surface area contributed by atoms with E-state index in [9.17, 15) is 0 Å². The SMILES string of the molecule is COc1ccc2c(c1)[C@H](N)[C@H]1C[C@H]21. The predicted molar refractivity (Wildman–Crippen MR) is 50.8 cm³/mol. The van der Waals surface area contributed by atoms with Crippen LogP contribution in [0.1, 0.15) is 29.5 Å². The van der Waals surface area contributed by atoms with E-state index in [0.717, 1.165) is 17.6 Å². The Hall–Kier alpha value is -1.02. The summed E-state index contributed by atoms with van der Waals surface area (Å²) in [7, 11) is 1.70. The molecule has 0 bridgehead atoms. The van der Waals surface area contributed by atoms with Crippen molar-refractivity contribution in [2.75, 3.05) is 7.11 Å². The zero-order valence-electron chi connectivity index (χ0n) is 7.66. The molecule has 2 heteroatoms. The van der Waals surface area contributed by atoms with Crippen LogP contribution in [-0.2, 0) is 0 Å². The molecule has 0 unspecified atom stereocenters. The molecule has 0 radical (unpaired) electrons. The smallest absolute Gasteiger partial charge is 0.119 e. The first-order valence-electron chi connectivity index (χ1n) is 4.74. The molecule has 3 atom stereocenters. The van der Waals surface area contributed by atoms with E-state index in [1.54, 1.807) is 7.11 Å². The van der Waals surface area contributed by atoms with Gasteiger partial charge in [-0.15, -0.1) is 0 Å². The average Bonchev–Trinajstić information content (AvgIpc) is 2.91. The van der Waals surface area contributed by atoms with Gasteiger partial charge >= 0.3 is 0 Å². The minimum absolute atomic E-state index is 0.259. The molecule has 0 aliphatic heterocycles. The Kier molecular flexibility index (Phi) is 1.29. The first kappa shape index (κ1) is 7.39. The van der Waals surface area contributed by atoms with Crippen molar-refractivity contribution in [3.05, 3.63) is 29.3 Å². The topological polar surface area (TPSA) is 35.2 Å². The molecule has 0 saturated heterocycles.